The molecule has 0 bridgehead atoms. The van der Waals surface area contributed by atoms with Crippen molar-refractivity contribution in [3.63, 3.8) is 0 Å². The van der Waals surface area contributed by atoms with E-state index in [1.807, 2.05) is 17.0 Å². The van der Waals surface area contributed by atoms with Gasteiger partial charge in [-0.2, -0.15) is 0 Å². The molecule has 23 heavy (non-hydrogen) atoms. The topological polar surface area (TPSA) is 69.6 Å². The number of fused-ring (bicyclic) bond motifs is 1. The Kier molecular flexibility index (Phi) is 3.37. The molecule has 0 amide bonds. The number of aliphatic carboxylic acids is 1. The van der Waals surface area contributed by atoms with Crippen LogP contribution in [0.3, 0.4) is 0 Å². The molecule has 3 heterocycles. The van der Waals surface area contributed by atoms with Gasteiger partial charge in [-0.25, -0.2) is 14.8 Å². The van der Waals surface area contributed by atoms with Crippen LogP contribution in [0.1, 0.15) is 18.4 Å². The molecule has 0 saturated carbocycles. The molecule has 2 aliphatic heterocycles. The van der Waals surface area contributed by atoms with E-state index in [-0.39, 0.29) is 0 Å². The van der Waals surface area contributed by atoms with Gasteiger partial charge in [0.15, 0.2) is 0 Å². The zero-order chi connectivity index (χ0) is 15.8. The van der Waals surface area contributed by atoms with Gasteiger partial charge in [-0.15, -0.1) is 0 Å². The molecule has 6 nitrogen and oxygen atoms in total. The Hall–Kier alpha value is -2.63. The second-order valence-electron chi connectivity index (χ2n) is 5.95. The normalized spacial score (nSPS) is 19.9. The minimum absolute atomic E-state index is 0.483. The van der Waals surface area contributed by atoms with Crippen molar-refractivity contribution >= 4 is 23.3 Å². The van der Waals surface area contributed by atoms with E-state index in [1.54, 1.807) is 0 Å². The predicted molar refractivity (Wildman–Crippen MR) is 87.2 cm³/mol. The van der Waals surface area contributed by atoms with Crippen molar-refractivity contribution in [1.29, 1.82) is 0 Å². The van der Waals surface area contributed by atoms with Crippen LogP contribution < -0.4 is 9.80 Å². The van der Waals surface area contributed by atoms with Gasteiger partial charge in [-0.3, -0.25) is 0 Å². The molecule has 0 spiro atoms. The van der Waals surface area contributed by atoms with Crippen LogP contribution in [0.4, 0.5) is 17.3 Å². The highest BCUT2D eigenvalue weighted by Crippen LogP contribution is 2.34. The van der Waals surface area contributed by atoms with E-state index in [9.17, 15) is 9.90 Å². The minimum atomic E-state index is -0.783. The maximum atomic E-state index is 11.4. The molecule has 2 aliphatic rings. The van der Waals surface area contributed by atoms with Crippen molar-refractivity contribution in [3.8, 4) is 0 Å². The van der Waals surface area contributed by atoms with Crippen LogP contribution in [0.5, 0.6) is 0 Å². The van der Waals surface area contributed by atoms with Crippen molar-refractivity contribution in [2.75, 3.05) is 22.9 Å². The number of para-hydroxylation sites is 1. The summed E-state index contributed by atoms with van der Waals surface area (Å²) in [5, 5.41) is 9.36. The Morgan fingerprint density at radius 2 is 2.00 bits per heavy atom. The third-order valence-corrected chi connectivity index (χ3v) is 4.63. The summed E-state index contributed by atoms with van der Waals surface area (Å²) in [5.74, 6) is 0.745. The number of anilines is 3. The first-order chi connectivity index (χ1) is 11.2. The van der Waals surface area contributed by atoms with E-state index in [0.29, 0.717) is 12.2 Å². The summed E-state index contributed by atoms with van der Waals surface area (Å²) in [6.07, 6.45) is 4.07. The van der Waals surface area contributed by atoms with E-state index in [4.69, 9.17) is 0 Å². The highest BCUT2D eigenvalue weighted by Gasteiger charge is 2.32. The Labute approximate surface area is 134 Å². The average molecular weight is 310 g/mol. The van der Waals surface area contributed by atoms with Crippen molar-refractivity contribution in [2.24, 2.45) is 0 Å². The number of carboxylic acids is 1. The maximum absolute atomic E-state index is 11.4. The lowest BCUT2D eigenvalue weighted by molar-refractivity contribution is -0.138. The molecule has 1 unspecified atom stereocenters. The van der Waals surface area contributed by atoms with Crippen molar-refractivity contribution in [3.05, 3.63) is 42.2 Å². The van der Waals surface area contributed by atoms with Crippen LogP contribution in [0, 0.1) is 0 Å². The molecule has 118 valence electrons. The lowest BCUT2D eigenvalue weighted by Gasteiger charge is -2.24. The van der Waals surface area contributed by atoms with Crippen LogP contribution >= 0.6 is 0 Å². The highest BCUT2D eigenvalue weighted by molar-refractivity contribution is 5.79. The van der Waals surface area contributed by atoms with E-state index >= 15 is 0 Å². The van der Waals surface area contributed by atoms with Crippen molar-refractivity contribution in [2.45, 2.75) is 25.3 Å². The fourth-order valence-electron chi connectivity index (χ4n) is 3.52. The lowest BCUT2D eigenvalue weighted by Crippen LogP contribution is -2.36. The van der Waals surface area contributed by atoms with E-state index in [1.165, 1.54) is 17.6 Å². The van der Waals surface area contributed by atoms with Gasteiger partial charge in [0.2, 0.25) is 0 Å². The number of carbonyl (C=O) groups is 1. The largest absolute Gasteiger partial charge is 0.480 e. The first kappa shape index (κ1) is 14.0. The van der Waals surface area contributed by atoms with Crippen molar-refractivity contribution < 1.29 is 9.90 Å². The van der Waals surface area contributed by atoms with Gasteiger partial charge >= 0.3 is 5.97 Å². The van der Waals surface area contributed by atoms with Crippen LogP contribution in [0.15, 0.2) is 36.7 Å². The van der Waals surface area contributed by atoms with Gasteiger partial charge in [-0.1, -0.05) is 18.2 Å². The predicted octanol–water partition coefficient (Wildman–Crippen LogP) is 2.22. The minimum Gasteiger partial charge on any atom is -0.480 e. The molecule has 1 N–H and O–H groups in total. The van der Waals surface area contributed by atoms with Gasteiger partial charge in [0.05, 0.1) is 0 Å². The summed E-state index contributed by atoms with van der Waals surface area (Å²) >= 11 is 0. The van der Waals surface area contributed by atoms with E-state index < -0.39 is 12.0 Å². The molecule has 1 atom stereocenters. The van der Waals surface area contributed by atoms with Crippen LogP contribution in [-0.4, -0.2) is 40.2 Å². The number of hydrogen-bond donors (Lipinski definition) is 1. The SMILES string of the molecule is O=C(O)C1CCCN1c1cc(N2CCc3ccccc32)ncn1. The Morgan fingerprint density at radius 3 is 2.87 bits per heavy atom. The average Bonchev–Trinajstić information content (AvgIpc) is 3.22. The Bertz CT molecular complexity index is 749. The van der Waals surface area contributed by atoms with Gasteiger partial charge in [0.25, 0.3) is 0 Å². The number of carboxylic acid groups (broad SMARTS) is 1. The zero-order valence-corrected chi connectivity index (χ0v) is 12.7. The lowest BCUT2D eigenvalue weighted by atomic mass is 10.2. The van der Waals surface area contributed by atoms with Crippen LogP contribution in [0.25, 0.3) is 0 Å². The zero-order valence-electron chi connectivity index (χ0n) is 12.7. The molecule has 1 aromatic heterocycles. The molecular weight excluding hydrogens is 292 g/mol. The third-order valence-electron chi connectivity index (χ3n) is 4.63. The smallest absolute Gasteiger partial charge is 0.326 e. The first-order valence-electron chi connectivity index (χ1n) is 7.91. The second-order valence-corrected chi connectivity index (χ2v) is 5.95. The fourth-order valence-corrected chi connectivity index (χ4v) is 3.52. The summed E-state index contributed by atoms with van der Waals surface area (Å²) in [7, 11) is 0. The summed E-state index contributed by atoms with van der Waals surface area (Å²) < 4.78 is 0. The summed E-state index contributed by atoms with van der Waals surface area (Å²) in [5.41, 5.74) is 2.49. The second kappa shape index (κ2) is 5.53. The van der Waals surface area contributed by atoms with Crippen molar-refractivity contribution in [1.82, 2.24) is 9.97 Å². The Morgan fingerprint density at radius 1 is 1.17 bits per heavy atom. The number of nitrogens with zero attached hydrogens (tertiary/aromatic N) is 4. The fraction of sp³-hybridized carbons (Fsp3) is 0.353. The molecule has 1 fully saturated rings. The van der Waals surface area contributed by atoms with Gasteiger partial charge in [0.1, 0.15) is 24.0 Å². The molecule has 0 radical (unpaired) electrons. The van der Waals surface area contributed by atoms with E-state index in [2.05, 4.69) is 33.1 Å². The number of benzene rings is 1. The van der Waals surface area contributed by atoms with Gasteiger partial charge < -0.3 is 14.9 Å². The standard InChI is InChI=1S/C17H18N4O2/c22-17(23)14-6-3-8-20(14)15-10-16(19-11-18-15)21-9-7-12-4-1-2-5-13(12)21/h1-2,4-5,10-11,14H,3,6-9H2,(H,22,23). The van der Waals surface area contributed by atoms with Crippen LogP contribution in [0.2, 0.25) is 0 Å². The summed E-state index contributed by atoms with van der Waals surface area (Å²) in [6, 6.07) is 9.74. The molecule has 1 aromatic carbocycles. The molecule has 0 aliphatic carbocycles. The monoisotopic (exact) mass is 310 g/mol. The van der Waals surface area contributed by atoms with Crippen LogP contribution in [-0.2, 0) is 11.2 Å². The highest BCUT2D eigenvalue weighted by atomic mass is 16.4. The maximum Gasteiger partial charge on any atom is 0.326 e. The molecule has 6 heteroatoms. The number of rotatable bonds is 3. The molecule has 2 aromatic rings. The number of aromatic nitrogens is 2. The molecular formula is C17H18N4O2. The van der Waals surface area contributed by atoms with E-state index in [0.717, 1.165) is 31.7 Å². The van der Waals surface area contributed by atoms with Gasteiger partial charge in [0, 0.05) is 24.8 Å². The third kappa shape index (κ3) is 2.40. The Balaban J connectivity index is 1.66. The summed E-state index contributed by atoms with van der Waals surface area (Å²) in [4.78, 5) is 24.1. The molecule has 1 saturated heterocycles. The first-order valence-corrected chi connectivity index (χ1v) is 7.91. The number of hydrogen-bond acceptors (Lipinski definition) is 5. The quantitative estimate of drug-likeness (QED) is 0.937. The summed E-state index contributed by atoms with van der Waals surface area (Å²) in [6.45, 7) is 1.61. The van der Waals surface area contributed by atoms with Gasteiger partial charge in [-0.05, 0) is 30.9 Å². The molecule has 4 rings (SSSR count).